The first-order valence-electron chi connectivity index (χ1n) is 12.9. The molecular weight excluding hydrogens is 492 g/mol. The summed E-state index contributed by atoms with van der Waals surface area (Å²) in [4.78, 5) is 33.1. The third kappa shape index (κ3) is 5.49. The number of hydrogen-bond donors (Lipinski definition) is 1. The van der Waals surface area contributed by atoms with Crippen LogP contribution in [0.4, 0.5) is 0 Å². The number of nitrogens with one attached hydrogen (secondary N) is 1. The number of hydrogen-bond acceptors (Lipinski definition) is 6. The van der Waals surface area contributed by atoms with Crippen LogP contribution < -0.4 is 11.0 Å². The fraction of sp³-hybridized carbons (Fsp3) is 0.481. The molecule has 37 heavy (non-hydrogen) atoms. The van der Waals surface area contributed by atoms with Gasteiger partial charge in [-0.1, -0.05) is 29.8 Å². The average Bonchev–Trinajstić information content (AvgIpc) is 3.31. The van der Waals surface area contributed by atoms with Gasteiger partial charge in [0.1, 0.15) is 6.54 Å². The van der Waals surface area contributed by atoms with Gasteiger partial charge in [0.2, 0.25) is 5.91 Å². The summed E-state index contributed by atoms with van der Waals surface area (Å²) in [5.41, 5.74) is 1.31. The number of rotatable bonds is 8. The number of amides is 1. The first-order valence-corrected chi connectivity index (χ1v) is 13.2. The van der Waals surface area contributed by atoms with E-state index in [1.54, 1.807) is 18.2 Å². The van der Waals surface area contributed by atoms with Crippen molar-refractivity contribution in [2.24, 2.45) is 0 Å². The summed E-state index contributed by atoms with van der Waals surface area (Å²) in [6.45, 7) is 7.48. The minimum absolute atomic E-state index is 0.0443. The molecule has 2 bridgehead atoms. The Kier molecular flexibility index (Phi) is 7.46. The van der Waals surface area contributed by atoms with Crippen molar-refractivity contribution in [3.8, 4) is 17.2 Å². The molecule has 1 aromatic carbocycles. The van der Waals surface area contributed by atoms with Gasteiger partial charge in [-0.25, -0.2) is 9.78 Å². The lowest BCUT2D eigenvalue weighted by Crippen LogP contribution is -2.50. The maximum Gasteiger partial charge on any atom is 0.352 e. The predicted molar refractivity (Wildman–Crippen MR) is 142 cm³/mol. The quantitative estimate of drug-likeness (QED) is 0.487. The molecule has 3 aromatic rings. The number of fused-ring (bicyclic) bond motifs is 2. The summed E-state index contributed by atoms with van der Waals surface area (Å²) >= 11 is 6.20. The molecule has 1 amide bonds. The van der Waals surface area contributed by atoms with Gasteiger partial charge in [-0.2, -0.15) is 4.68 Å². The summed E-state index contributed by atoms with van der Waals surface area (Å²) in [5.74, 6) is 0.488. The number of morpholine rings is 1. The standard InChI is InChI=1S/C27H33ClN6O3/c1-17(2)30-25(35)14-32-26(20-5-4-6-21(28)12-20)31-34(27(32)36)24-10-7-19(13-29-24)11-18(3)33-22-8-9-23(33)16-37-15-22/h4-7,10,12-13,17-18,22-23H,8-9,11,14-16H2,1-3H3,(H,30,35)/t18-,22?,23?/m1/s1. The van der Waals surface area contributed by atoms with Gasteiger partial charge in [-0.3, -0.25) is 14.3 Å². The van der Waals surface area contributed by atoms with E-state index in [1.807, 2.05) is 38.2 Å². The van der Waals surface area contributed by atoms with E-state index in [-0.39, 0.29) is 18.5 Å². The maximum atomic E-state index is 13.4. The van der Waals surface area contributed by atoms with Crippen molar-refractivity contribution >= 4 is 17.5 Å². The zero-order valence-corrected chi connectivity index (χ0v) is 22.2. The molecule has 0 saturated carbocycles. The Bertz CT molecular complexity index is 1300. The SMILES string of the molecule is CC(C)NC(=O)Cn1c(-c2cccc(Cl)c2)nn(-c2ccc(C[C@@H](C)N3C4CCC3COC4)cn2)c1=O. The number of ether oxygens (including phenoxy) is 1. The highest BCUT2D eigenvalue weighted by molar-refractivity contribution is 6.30. The maximum absolute atomic E-state index is 13.4. The Morgan fingerprint density at radius 3 is 2.57 bits per heavy atom. The topological polar surface area (TPSA) is 94.3 Å². The fourth-order valence-electron chi connectivity index (χ4n) is 5.53. The minimum atomic E-state index is -0.438. The summed E-state index contributed by atoms with van der Waals surface area (Å²) in [6, 6.07) is 12.2. The number of halogens is 1. The Labute approximate surface area is 221 Å². The molecule has 2 aliphatic heterocycles. The molecule has 196 valence electrons. The molecule has 9 nitrogen and oxygen atoms in total. The summed E-state index contributed by atoms with van der Waals surface area (Å²) < 4.78 is 8.33. The van der Waals surface area contributed by atoms with Crippen LogP contribution >= 0.6 is 11.6 Å². The number of carbonyl (C=O) groups is 1. The van der Waals surface area contributed by atoms with Crippen LogP contribution in [0.5, 0.6) is 0 Å². The van der Waals surface area contributed by atoms with E-state index >= 15 is 0 Å². The minimum Gasteiger partial charge on any atom is -0.378 e. The predicted octanol–water partition coefficient (Wildman–Crippen LogP) is 3.07. The Morgan fingerprint density at radius 2 is 1.92 bits per heavy atom. The van der Waals surface area contributed by atoms with Crippen molar-refractivity contribution in [3.63, 3.8) is 0 Å². The number of carbonyl (C=O) groups excluding carboxylic acids is 1. The van der Waals surface area contributed by atoms with E-state index < -0.39 is 5.69 Å². The van der Waals surface area contributed by atoms with E-state index in [0.717, 1.165) is 25.2 Å². The van der Waals surface area contributed by atoms with E-state index in [4.69, 9.17) is 16.3 Å². The molecule has 2 unspecified atom stereocenters. The van der Waals surface area contributed by atoms with E-state index in [2.05, 4.69) is 27.2 Å². The fourth-order valence-corrected chi connectivity index (χ4v) is 5.72. The highest BCUT2D eigenvalue weighted by atomic mass is 35.5. The van der Waals surface area contributed by atoms with Crippen LogP contribution in [0.2, 0.25) is 5.02 Å². The highest BCUT2D eigenvalue weighted by Gasteiger charge is 2.39. The van der Waals surface area contributed by atoms with Gasteiger partial charge >= 0.3 is 5.69 Å². The highest BCUT2D eigenvalue weighted by Crippen LogP contribution is 2.31. The van der Waals surface area contributed by atoms with Crippen molar-refractivity contribution in [2.45, 2.75) is 70.7 Å². The molecular formula is C27H33ClN6O3. The second kappa shape index (κ2) is 10.8. The molecule has 2 aliphatic rings. The molecule has 5 rings (SSSR count). The summed E-state index contributed by atoms with van der Waals surface area (Å²) in [6.07, 6.45) is 5.07. The molecule has 2 fully saturated rings. The molecule has 10 heteroatoms. The van der Waals surface area contributed by atoms with Crippen LogP contribution in [-0.4, -0.2) is 67.5 Å². The molecule has 0 radical (unpaired) electrons. The lowest BCUT2D eigenvalue weighted by atomic mass is 10.1. The summed E-state index contributed by atoms with van der Waals surface area (Å²) in [7, 11) is 0. The van der Waals surface area contributed by atoms with E-state index in [1.165, 1.54) is 22.1 Å². The number of aromatic nitrogens is 4. The van der Waals surface area contributed by atoms with Gasteiger partial charge in [-0.15, -0.1) is 5.10 Å². The second-order valence-electron chi connectivity index (χ2n) is 10.3. The summed E-state index contributed by atoms with van der Waals surface area (Å²) in [5, 5.41) is 7.91. The molecule has 0 spiro atoms. The Morgan fingerprint density at radius 1 is 1.16 bits per heavy atom. The van der Waals surface area contributed by atoms with Gasteiger partial charge in [-0.05, 0) is 63.8 Å². The molecule has 3 atom stereocenters. The van der Waals surface area contributed by atoms with Gasteiger partial charge < -0.3 is 10.1 Å². The average molecular weight is 525 g/mol. The van der Waals surface area contributed by atoms with Crippen molar-refractivity contribution in [1.29, 1.82) is 0 Å². The van der Waals surface area contributed by atoms with Gasteiger partial charge in [0.05, 0.1) is 13.2 Å². The monoisotopic (exact) mass is 524 g/mol. The van der Waals surface area contributed by atoms with Crippen LogP contribution in [-0.2, 0) is 22.5 Å². The third-order valence-corrected chi connectivity index (χ3v) is 7.29. The Hall–Kier alpha value is -3.01. The molecule has 4 heterocycles. The molecule has 0 aliphatic carbocycles. The van der Waals surface area contributed by atoms with E-state index in [9.17, 15) is 9.59 Å². The lowest BCUT2D eigenvalue weighted by molar-refractivity contribution is -0.122. The second-order valence-corrected chi connectivity index (χ2v) is 10.7. The van der Waals surface area contributed by atoms with Crippen LogP contribution in [0.25, 0.3) is 17.2 Å². The van der Waals surface area contributed by atoms with Gasteiger partial charge in [0.25, 0.3) is 0 Å². The lowest BCUT2D eigenvalue weighted by Gasteiger charge is -2.39. The smallest absolute Gasteiger partial charge is 0.352 e. The van der Waals surface area contributed by atoms with Crippen molar-refractivity contribution < 1.29 is 9.53 Å². The van der Waals surface area contributed by atoms with Crippen LogP contribution in [0.1, 0.15) is 39.2 Å². The number of benzene rings is 1. The van der Waals surface area contributed by atoms with Crippen molar-refractivity contribution in [1.82, 2.24) is 29.5 Å². The normalized spacial score (nSPS) is 20.4. The van der Waals surface area contributed by atoms with E-state index in [0.29, 0.717) is 40.4 Å². The van der Waals surface area contributed by atoms with Gasteiger partial charge in [0.15, 0.2) is 11.6 Å². The number of pyridine rings is 1. The van der Waals surface area contributed by atoms with Gasteiger partial charge in [0, 0.05) is 41.0 Å². The molecule has 1 N–H and O–H groups in total. The van der Waals surface area contributed by atoms with Crippen molar-refractivity contribution in [3.05, 3.63) is 63.7 Å². The molecule has 2 saturated heterocycles. The number of nitrogens with zero attached hydrogens (tertiary/aromatic N) is 5. The first kappa shape index (κ1) is 25.6. The largest absolute Gasteiger partial charge is 0.378 e. The molecule has 2 aromatic heterocycles. The zero-order valence-electron chi connectivity index (χ0n) is 21.4. The third-order valence-electron chi connectivity index (χ3n) is 7.06. The first-order chi connectivity index (χ1) is 17.8. The van der Waals surface area contributed by atoms with Crippen LogP contribution in [0, 0.1) is 0 Å². The van der Waals surface area contributed by atoms with Crippen LogP contribution in [0.15, 0.2) is 47.4 Å². The van der Waals surface area contributed by atoms with Crippen LogP contribution in [0.3, 0.4) is 0 Å². The Balaban J connectivity index is 1.40. The zero-order chi connectivity index (χ0) is 26.1. The van der Waals surface area contributed by atoms with Crippen molar-refractivity contribution in [2.75, 3.05) is 13.2 Å².